The molecule has 1 aromatic heterocycles. The molecule has 3 rings (SSSR count). The summed E-state index contributed by atoms with van der Waals surface area (Å²) in [5.41, 5.74) is 2.48. The maximum Gasteiger partial charge on any atom is 0.336 e. The fraction of sp³-hybridized carbons (Fsp3) is 0.333. The van der Waals surface area contributed by atoms with Gasteiger partial charge in [0, 0.05) is 17.0 Å². The molecule has 1 aliphatic carbocycles. The molecule has 1 fully saturated rings. The Balaban J connectivity index is 2.44. The summed E-state index contributed by atoms with van der Waals surface area (Å²) >= 11 is 0. The molecule has 1 aliphatic rings. The lowest BCUT2D eigenvalue weighted by Crippen LogP contribution is -2.07. The van der Waals surface area contributed by atoms with Gasteiger partial charge in [0.05, 0.1) is 5.56 Å². The second kappa shape index (κ2) is 4.02. The van der Waals surface area contributed by atoms with E-state index in [4.69, 9.17) is 0 Å². The molecular formula is C15H14FNO2. The number of aryl methyl sites for hydroxylation is 1. The number of aromatic nitrogens is 1. The Hall–Kier alpha value is -1.97. The molecule has 2 aromatic rings. The summed E-state index contributed by atoms with van der Waals surface area (Å²) in [7, 11) is 0. The average Bonchev–Trinajstić information content (AvgIpc) is 3.11. The van der Waals surface area contributed by atoms with Crippen LogP contribution in [0, 0.1) is 19.7 Å². The van der Waals surface area contributed by atoms with Gasteiger partial charge in [-0.3, -0.25) is 0 Å². The van der Waals surface area contributed by atoms with Crippen LogP contribution >= 0.6 is 0 Å². The number of rotatable bonds is 2. The van der Waals surface area contributed by atoms with Gasteiger partial charge in [-0.2, -0.15) is 0 Å². The Labute approximate surface area is 110 Å². The summed E-state index contributed by atoms with van der Waals surface area (Å²) in [6, 6.07) is 3.09. The average molecular weight is 259 g/mol. The first-order chi connectivity index (χ1) is 8.99. The number of carbonyl (C=O) groups is 1. The summed E-state index contributed by atoms with van der Waals surface area (Å²) in [4.78, 5) is 15.9. The fourth-order valence-electron chi connectivity index (χ4n) is 2.60. The molecule has 0 saturated heterocycles. The summed E-state index contributed by atoms with van der Waals surface area (Å²) in [6.07, 6.45) is 2.01. The summed E-state index contributed by atoms with van der Waals surface area (Å²) in [5, 5.41) is 9.82. The largest absolute Gasteiger partial charge is 0.478 e. The minimum Gasteiger partial charge on any atom is -0.478 e. The van der Waals surface area contributed by atoms with E-state index in [-0.39, 0.29) is 11.1 Å². The van der Waals surface area contributed by atoms with E-state index >= 15 is 0 Å². The number of carboxylic acids is 1. The number of fused-ring (bicyclic) bond motifs is 1. The SMILES string of the molecule is Cc1cc(F)c2nc(C3CC3)c(C)c(C(=O)O)c2c1. The van der Waals surface area contributed by atoms with E-state index in [1.165, 1.54) is 6.07 Å². The lowest BCUT2D eigenvalue weighted by atomic mass is 9.98. The zero-order chi connectivity index (χ0) is 13.7. The highest BCUT2D eigenvalue weighted by Crippen LogP contribution is 2.42. The molecule has 0 atom stereocenters. The minimum atomic E-state index is -1.02. The van der Waals surface area contributed by atoms with Gasteiger partial charge in [-0.15, -0.1) is 0 Å². The van der Waals surface area contributed by atoms with Gasteiger partial charge >= 0.3 is 5.97 Å². The Kier molecular flexibility index (Phi) is 2.55. The van der Waals surface area contributed by atoms with Crippen LogP contribution in [0.2, 0.25) is 0 Å². The van der Waals surface area contributed by atoms with Crippen molar-refractivity contribution in [1.82, 2.24) is 4.98 Å². The van der Waals surface area contributed by atoms with Crippen LogP contribution in [0.4, 0.5) is 4.39 Å². The van der Waals surface area contributed by atoms with Crippen LogP contribution in [-0.2, 0) is 0 Å². The van der Waals surface area contributed by atoms with Crippen LogP contribution in [0.5, 0.6) is 0 Å². The lowest BCUT2D eigenvalue weighted by Gasteiger charge is -2.12. The van der Waals surface area contributed by atoms with Gasteiger partial charge in [0.1, 0.15) is 11.3 Å². The van der Waals surface area contributed by atoms with Gasteiger partial charge < -0.3 is 5.11 Å². The molecule has 4 heteroatoms. The van der Waals surface area contributed by atoms with Crippen molar-refractivity contribution in [3.05, 3.63) is 40.3 Å². The molecule has 0 spiro atoms. The highest BCUT2D eigenvalue weighted by molar-refractivity contribution is 6.04. The van der Waals surface area contributed by atoms with E-state index in [2.05, 4.69) is 4.98 Å². The molecular weight excluding hydrogens is 245 g/mol. The highest BCUT2D eigenvalue weighted by atomic mass is 19.1. The van der Waals surface area contributed by atoms with Gasteiger partial charge in [0.25, 0.3) is 0 Å². The quantitative estimate of drug-likeness (QED) is 0.897. The van der Waals surface area contributed by atoms with Gasteiger partial charge in [0.15, 0.2) is 0 Å². The molecule has 0 bridgehead atoms. The first kappa shape index (κ1) is 12.1. The van der Waals surface area contributed by atoms with Crippen molar-refractivity contribution >= 4 is 16.9 Å². The number of pyridine rings is 1. The second-order valence-corrected chi connectivity index (χ2v) is 5.22. The van der Waals surface area contributed by atoms with Crippen molar-refractivity contribution in [2.75, 3.05) is 0 Å². The molecule has 1 heterocycles. The Morgan fingerprint density at radius 1 is 1.37 bits per heavy atom. The van der Waals surface area contributed by atoms with E-state index in [1.54, 1.807) is 19.9 Å². The monoisotopic (exact) mass is 259 g/mol. The summed E-state index contributed by atoms with van der Waals surface area (Å²) in [5.74, 6) is -1.17. The topological polar surface area (TPSA) is 50.2 Å². The molecule has 1 aromatic carbocycles. The predicted octanol–water partition coefficient (Wildman–Crippen LogP) is 3.57. The van der Waals surface area contributed by atoms with Gasteiger partial charge in [-0.25, -0.2) is 14.2 Å². The first-order valence-electron chi connectivity index (χ1n) is 6.32. The van der Waals surface area contributed by atoms with E-state index < -0.39 is 11.8 Å². The molecule has 3 nitrogen and oxygen atoms in total. The van der Waals surface area contributed by atoms with Crippen molar-refractivity contribution < 1.29 is 14.3 Å². The summed E-state index contributed by atoms with van der Waals surface area (Å²) < 4.78 is 14.0. The summed E-state index contributed by atoms with van der Waals surface area (Å²) in [6.45, 7) is 3.52. The third kappa shape index (κ3) is 1.87. The predicted molar refractivity (Wildman–Crippen MR) is 70.1 cm³/mol. The van der Waals surface area contributed by atoms with Crippen molar-refractivity contribution in [3.8, 4) is 0 Å². The van der Waals surface area contributed by atoms with E-state index in [9.17, 15) is 14.3 Å². The van der Waals surface area contributed by atoms with Crippen molar-refractivity contribution in [2.45, 2.75) is 32.6 Å². The van der Waals surface area contributed by atoms with Crippen LogP contribution in [0.1, 0.15) is 45.9 Å². The van der Waals surface area contributed by atoms with Gasteiger partial charge in [-0.1, -0.05) is 0 Å². The zero-order valence-electron chi connectivity index (χ0n) is 10.8. The van der Waals surface area contributed by atoms with Crippen molar-refractivity contribution in [1.29, 1.82) is 0 Å². The van der Waals surface area contributed by atoms with E-state index in [1.807, 2.05) is 0 Å². The van der Waals surface area contributed by atoms with Gasteiger partial charge in [-0.05, 0) is 49.9 Å². The second-order valence-electron chi connectivity index (χ2n) is 5.22. The number of hydrogen-bond acceptors (Lipinski definition) is 2. The van der Waals surface area contributed by atoms with Crippen LogP contribution in [0.25, 0.3) is 10.9 Å². The number of aromatic carboxylic acids is 1. The smallest absolute Gasteiger partial charge is 0.336 e. The molecule has 1 N–H and O–H groups in total. The maximum absolute atomic E-state index is 14.0. The van der Waals surface area contributed by atoms with E-state index in [0.717, 1.165) is 18.5 Å². The number of nitrogens with zero attached hydrogens (tertiary/aromatic N) is 1. The number of benzene rings is 1. The third-order valence-corrected chi connectivity index (χ3v) is 3.65. The third-order valence-electron chi connectivity index (χ3n) is 3.65. The molecule has 0 aliphatic heterocycles. The van der Waals surface area contributed by atoms with Gasteiger partial charge in [0.2, 0.25) is 0 Å². The number of halogens is 1. The van der Waals surface area contributed by atoms with E-state index in [0.29, 0.717) is 22.4 Å². The molecule has 0 unspecified atom stereocenters. The molecule has 1 saturated carbocycles. The Bertz CT molecular complexity index is 705. The first-order valence-corrected chi connectivity index (χ1v) is 6.32. The minimum absolute atomic E-state index is 0.176. The van der Waals surface area contributed by atoms with Crippen molar-refractivity contribution in [2.24, 2.45) is 0 Å². The maximum atomic E-state index is 14.0. The number of hydrogen-bond donors (Lipinski definition) is 1. The molecule has 0 radical (unpaired) electrons. The molecule has 0 amide bonds. The lowest BCUT2D eigenvalue weighted by molar-refractivity contribution is 0.0698. The number of carboxylic acid groups (broad SMARTS) is 1. The zero-order valence-corrected chi connectivity index (χ0v) is 10.8. The van der Waals surface area contributed by atoms with Crippen LogP contribution < -0.4 is 0 Å². The van der Waals surface area contributed by atoms with Crippen molar-refractivity contribution in [3.63, 3.8) is 0 Å². The molecule has 19 heavy (non-hydrogen) atoms. The highest BCUT2D eigenvalue weighted by Gasteiger charge is 2.30. The van der Waals surface area contributed by atoms with Crippen LogP contribution in [0.15, 0.2) is 12.1 Å². The standard InChI is InChI=1S/C15H14FNO2/c1-7-5-10-12(15(18)19)8(2)13(9-3-4-9)17-14(10)11(16)6-7/h5-6,9H,3-4H2,1-2H3,(H,18,19). The van der Waals surface area contributed by atoms with Crippen LogP contribution in [0.3, 0.4) is 0 Å². The Morgan fingerprint density at radius 2 is 2.05 bits per heavy atom. The van der Waals surface area contributed by atoms with Crippen LogP contribution in [-0.4, -0.2) is 16.1 Å². The fourth-order valence-corrected chi connectivity index (χ4v) is 2.60. The molecule has 98 valence electrons. The normalized spacial score (nSPS) is 14.9. The Morgan fingerprint density at radius 3 is 2.63 bits per heavy atom.